The number of H-pyrrole nitrogens is 1. The van der Waals surface area contributed by atoms with E-state index in [-0.39, 0.29) is 11.6 Å². The van der Waals surface area contributed by atoms with Gasteiger partial charge in [-0.1, -0.05) is 45.0 Å². The van der Waals surface area contributed by atoms with Crippen molar-refractivity contribution in [2.75, 3.05) is 0 Å². The smallest absolute Gasteiger partial charge is 0.137 e. The highest BCUT2D eigenvalue weighted by molar-refractivity contribution is 5.55. The Labute approximate surface area is 91.8 Å². The van der Waals surface area contributed by atoms with Crippen LogP contribution in [0.1, 0.15) is 27.7 Å². The second-order valence-corrected chi connectivity index (χ2v) is 4.71. The molecular weight excluding hydrogens is 184 g/mol. The molecule has 0 aliphatic carbocycles. The summed E-state index contributed by atoms with van der Waals surface area (Å²) in [6.45, 7) is 6.57. The topological polar surface area (TPSA) is 28.7 Å². The molecule has 1 aromatic carbocycles. The molecule has 0 aliphatic heterocycles. The summed E-state index contributed by atoms with van der Waals surface area (Å²) in [6, 6.07) is 8.31. The fraction of sp³-hybridized carbons (Fsp3) is 0.308. The fourth-order valence-electron chi connectivity index (χ4n) is 1.51. The molecule has 1 N–H and O–H groups in total. The van der Waals surface area contributed by atoms with Crippen molar-refractivity contribution >= 4 is 0 Å². The van der Waals surface area contributed by atoms with Crippen LogP contribution in [0.15, 0.2) is 36.6 Å². The van der Waals surface area contributed by atoms with Crippen LogP contribution in [-0.2, 0) is 5.41 Å². The van der Waals surface area contributed by atoms with Gasteiger partial charge in [-0.2, -0.15) is 0 Å². The van der Waals surface area contributed by atoms with Crippen LogP contribution >= 0.6 is 0 Å². The van der Waals surface area contributed by atoms with Gasteiger partial charge in [0.15, 0.2) is 0 Å². The molecule has 0 unspecified atom stereocenters. The van der Waals surface area contributed by atoms with Crippen molar-refractivity contribution in [2.45, 2.75) is 26.2 Å². The minimum absolute atomic E-state index is 0.169. The minimum atomic E-state index is 0.169. The van der Waals surface area contributed by atoms with Gasteiger partial charge in [-0.15, -0.1) is 0 Å². The van der Waals surface area contributed by atoms with E-state index >= 15 is 0 Å². The van der Waals surface area contributed by atoms with Gasteiger partial charge < -0.3 is 4.98 Å². The Kier molecular flexibility index (Phi) is 2.05. The highest BCUT2D eigenvalue weighted by Gasteiger charge is 2.13. The first kappa shape index (κ1) is 8.72. The van der Waals surface area contributed by atoms with E-state index in [4.69, 9.17) is 1.37 Å². The molecule has 0 fully saturated rings. The average molecular weight is 201 g/mol. The van der Waals surface area contributed by atoms with Gasteiger partial charge >= 0.3 is 0 Å². The molecule has 1 heterocycles. The van der Waals surface area contributed by atoms with E-state index in [1.165, 1.54) is 5.56 Å². The normalized spacial score (nSPS) is 12.6. The zero-order valence-corrected chi connectivity index (χ0v) is 9.33. The molecule has 0 aliphatic rings. The molecule has 0 amide bonds. The summed E-state index contributed by atoms with van der Waals surface area (Å²) in [5.41, 5.74) is 2.49. The molecule has 0 saturated carbocycles. The van der Waals surface area contributed by atoms with Crippen molar-refractivity contribution < 1.29 is 1.37 Å². The van der Waals surface area contributed by atoms with Gasteiger partial charge in [0.05, 0.1) is 1.37 Å². The molecule has 78 valence electrons. The fourth-order valence-corrected chi connectivity index (χ4v) is 1.51. The van der Waals surface area contributed by atoms with Gasteiger partial charge in [-0.3, -0.25) is 0 Å². The van der Waals surface area contributed by atoms with Crippen LogP contribution in [0.5, 0.6) is 0 Å². The Morgan fingerprint density at radius 1 is 1.20 bits per heavy atom. The van der Waals surface area contributed by atoms with Crippen LogP contribution in [0, 0.1) is 0 Å². The van der Waals surface area contributed by atoms with E-state index in [0.29, 0.717) is 0 Å². The number of nitrogens with zero attached hydrogens (tertiary/aromatic N) is 1. The Balaban J connectivity index is 2.33. The monoisotopic (exact) mass is 201 g/mol. The van der Waals surface area contributed by atoms with Crippen molar-refractivity contribution in [1.29, 1.82) is 0 Å². The van der Waals surface area contributed by atoms with Gasteiger partial charge in [0.2, 0.25) is 0 Å². The first-order valence-corrected chi connectivity index (χ1v) is 5.10. The standard InChI is InChI=1S/C13H16N2/c1-13(2,3)11-6-4-10(5-7-11)12-14-8-9-15-12/h4-9H,1-3H3,(H,14,15)/i8D. The maximum atomic E-state index is 7.36. The van der Waals surface area contributed by atoms with Crippen molar-refractivity contribution in [1.82, 2.24) is 9.97 Å². The quantitative estimate of drug-likeness (QED) is 0.752. The number of aromatic amines is 1. The number of nitrogens with one attached hydrogen (secondary N) is 1. The predicted octanol–water partition coefficient (Wildman–Crippen LogP) is 3.37. The van der Waals surface area contributed by atoms with E-state index in [1.807, 2.05) is 12.1 Å². The third kappa shape index (κ3) is 2.09. The lowest BCUT2D eigenvalue weighted by Gasteiger charge is -2.18. The largest absolute Gasteiger partial charge is 0.345 e. The van der Waals surface area contributed by atoms with Crippen LogP contribution in [0.25, 0.3) is 11.4 Å². The second kappa shape index (κ2) is 3.54. The van der Waals surface area contributed by atoms with Gasteiger partial charge in [0, 0.05) is 17.9 Å². The van der Waals surface area contributed by atoms with E-state index in [2.05, 4.69) is 42.9 Å². The van der Waals surface area contributed by atoms with E-state index in [0.717, 1.165) is 11.4 Å². The summed E-state index contributed by atoms with van der Waals surface area (Å²) in [4.78, 5) is 7.07. The zero-order chi connectivity index (χ0) is 11.8. The Morgan fingerprint density at radius 2 is 1.87 bits per heavy atom. The third-order valence-electron chi connectivity index (χ3n) is 2.47. The van der Waals surface area contributed by atoms with Crippen molar-refractivity contribution in [3.05, 3.63) is 42.2 Å². The summed E-state index contributed by atoms with van der Waals surface area (Å²) in [6.07, 6.45) is 1.86. The maximum Gasteiger partial charge on any atom is 0.137 e. The van der Waals surface area contributed by atoms with Crippen LogP contribution in [-0.4, -0.2) is 9.97 Å². The summed E-state index contributed by atoms with van der Waals surface area (Å²) in [5.74, 6) is 0.755. The van der Waals surface area contributed by atoms with Crippen LogP contribution in [0.2, 0.25) is 0 Å². The van der Waals surface area contributed by atoms with Gasteiger partial charge in [-0.25, -0.2) is 4.98 Å². The molecule has 0 saturated heterocycles. The first-order valence-electron chi connectivity index (χ1n) is 5.60. The van der Waals surface area contributed by atoms with Crippen molar-refractivity contribution in [3.63, 3.8) is 0 Å². The van der Waals surface area contributed by atoms with Crippen LogP contribution in [0.3, 0.4) is 0 Å². The average Bonchev–Trinajstić information content (AvgIpc) is 2.64. The molecule has 2 aromatic rings. The molecule has 0 radical (unpaired) electrons. The Morgan fingerprint density at radius 3 is 2.33 bits per heavy atom. The van der Waals surface area contributed by atoms with Crippen molar-refractivity contribution in [2.24, 2.45) is 0 Å². The molecule has 15 heavy (non-hydrogen) atoms. The summed E-state index contributed by atoms with van der Waals surface area (Å²) < 4.78 is 7.36. The Bertz CT molecular complexity index is 477. The molecule has 2 rings (SSSR count). The summed E-state index contributed by atoms with van der Waals surface area (Å²) in [5, 5.41) is 0. The highest BCUT2D eigenvalue weighted by Crippen LogP contribution is 2.24. The number of benzene rings is 1. The van der Waals surface area contributed by atoms with Crippen LogP contribution in [0.4, 0.5) is 0 Å². The minimum Gasteiger partial charge on any atom is -0.345 e. The first-order chi connectivity index (χ1) is 7.47. The lowest BCUT2D eigenvalue weighted by Crippen LogP contribution is -2.10. The van der Waals surface area contributed by atoms with Crippen LogP contribution < -0.4 is 0 Å². The van der Waals surface area contributed by atoms with E-state index in [9.17, 15) is 0 Å². The zero-order valence-electron chi connectivity index (χ0n) is 10.3. The maximum absolute atomic E-state index is 7.36. The molecular formula is C13H16N2. The number of aromatic nitrogens is 2. The molecule has 2 heteroatoms. The summed E-state index contributed by atoms with van der Waals surface area (Å²) in [7, 11) is 0. The second-order valence-electron chi connectivity index (χ2n) is 4.71. The SMILES string of the molecule is [2H]c1c[nH]c(-c2ccc(C(C)(C)C)cc2)n1. The van der Waals surface area contributed by atoms with Gasteiger partial charge in [0.25, 0.3) is 0 Å². The molecule has 1 aromatic heterocycles. The molecule has 0 spiro atoms. The predicted molar refractivity (Wildman–Crippen MR) is 62.7 cm³/mol. The Hall–Kier alpha value is -1.57. The van der Waals surface area contributed by atoms with Crippen molar-refractivity contribution in [3.8, 4) is 11.4 Å². The van der Waals surface area contributed by atoms with E-state index < -0.39 is 0 Å². The van der Waals surface area contributed by atoms with Gasteiger partial charge in [-0.05, 0) is 11.0 Å². The third-order valence-corrected chi connectivity index (χ3v) is 2.47. The number of imidazole rings is 1. The molecule has 2 nitrogen and oxygen atoms in total. The lowest BCUT2D eigenvalue weighted by molar-refractivity contribution is 0.590. The molecule has 0 atom stereocenters. The highest BCUT2D eigenvalue weighted by atomic mass is 14.9. The molecule has 0 bridgehead atoms. The lowest BCUT2D eigenvalue weighted by atomic mass is 9.87. The number of hydrogen-bond donors (Lipinski definition) is 1. The van der Waals surface area contributed by atoms with E-state index in [1.54, 1.807) is 6.20 Å². The summed E-state index contributed by atoms with van der Waals surface area (Å²) >= 11 is 0. The number of hydrogen-bond acceptors (Lipinski definition) is 1. The number of rotatable bonds is 1. The van der Waals surface area contributed by atoms with Gasteiger partial charge in [0.1, 0.15) is 5.82 Å².